The Morgan fingerprint density at radius 2 is 2.19 bits per heavy atom. The number of aryl methyl sites for hydroxylation is 1. The van der Waals surface area contributed by atoms with E-state index >= 15 is 0 Å². The van der Waals surface area contributed by atoms with Gasteiger partial charge in [0.2, 0.25) is 0 Å². The van der Waals surface area contributed by atoms with Gasteiger partial charge in [0.15, 0.2) is 0 Å². The minimum Gasteiger partial charge on any atom is -0.467 e. The third-order valence-corrected chi connectivity index (χ3v) is 6.18. The van der Waals surface area contributed by atoms with Gasteiger partial charge in [-0.1, -0.05) is 13.3 Å². The van der Waals surface area contributed by atoms with Gasteiger partial charge < -0.3 is 9.73 Å². The summed E-state index contributed by atoms with van der Waals surface area (Å²) in [5, 5.41) is 3.37. The van der Waals surface area contributed by atoms with E-state index in [-0.39, 0.29) is 11.3 Å². The Bertz CT molecular complexity index is 550. The molecule has 1 aromatic heterocycles. The van der Waals surface area contributed by atoms with E-state index in [1.54, 1.807) is 6.26 Å². The normalized spacial score (nSPS) is 24.9. The summed E-state index contributed by atoms with van der Waals surface area (Å²) in [7, 11) is -2.95. The van der Waals surface area contributed by atoms with Crippen molar-refractivity contribution in [1.29, 1.82) is 0 Å². The number of nitrogens with one attached hydrogen (secondary N) is 1. The maximum absolute atomic E-state index is 11.9. The van der Waals surface area contributed by atoms with Gasteiger partial charge in [-0.3, -0.25) is 0 Å². The maximum Gasteiger partial charge on any atom is 0.150 e. The van der Waals surface area contributed by atoms with Crippen LogP contribution in [0.15, 0.2) is 16.7 Å². The Hall–Kier alpha value is -0.810. The van der Waals surface area contributed by atoms with Crippen LogP contribution in [0.3, 0.4) is 0 Å². The second kappa shape index (κ2) is 6.97. The molecule has 1 aliphatic rings. The molecule has 0 saturated heterocycles. The first kappa shape index (κ1) is 16.6. The zero-order chi connectivity index (χ0) is 15.5. The fourth-order valence-corrected chi connectivity index (χ4v) is 4.54. The maximum atomic E-state index is 11.9. The largest absolute Gasteiger partial charge is 0.467 e. The predicted molar refractivity (Wildman–Crippen MR) is 85.1 cm³/mol. The molecule has 4 nitrogen and oxygen atoms in total. The van der Waals surface area contributed by atoms with E-state index in [9.17, 15) is 8.42 Å². The molecule has 1 aromatic rings. The zero-order valence-electron chi connectivity index (χ0n) is 13.3. The van der Waals surface area contributed by atoms with Gasteiger partial charge >= 0.3 is 0 Å². The molecule has 1 aliphatic carbocycles. The van der Waals surface area contributed by atoms with Crippen LogP contribution in [0.2, 0.25) is 0 Å². The molecule has 1 fully saturated rings. The van der Waals surface area contributed by atoms with Crippen LogP contribution in [0, 0.1) is 12.8 Å². The van der Waals surface area contributed by atoms with Crippen LogP contribution < -0.4 is 5.32 Å². The van der Waals surface area contributed by atoms with Crippen molar-refractivity contribution in [3.05, 3.63) is 23.7 Å². The van der Waals surface area contributed by atoms with Crippen molar-refractivity contribution in [3.63, 3.8) is 0 Å². The molecule has 5 heteroatoms. The third-order valence-electron chi connectivity index (χ3n) is 4.54. The van der Waals surface area contributed by atoms with Crippen LogP contribution in [-0.2, 0) is 9.84 Å². The van der Waals surface area contributed by atoms with Gasteiger partial charge in [0.05, 0.1) is 17.6 Å². The topological polar surface area (TPSA) is 59.3 Å². The highest BCUT2D eigenvalue weighted by Crippen LogP contribution is 2.38. The standard InChI is InChI=1S/C16H27NO3S/c1-4-9-17-15(16-12(2)8-10-20-16)13-6-5-7-14(11-13)21(3,18)19/h8,10,13-15,17H,4-7,9,11H2,1-3H3. The van der Waals surface area contributed by atoms with Crippen LogP contribution in [0.25, 0.3) is 0 Å². The van der Waals surface area contributed by atoms with E-state index in [1.807, 2.05) is 6.07 Å². The SMILES string of the molecule is CCCNC(c1occc1C)C1CCCC(S(C)(=O)=O)C1. The molecule has 0 aromatic carbocycles. The number of sulfone groups is 1. The summed E-state index contributed by atoms with van der Waals surface area (Å²) in [6.45, 7) is 5.11. The summed E-state index contributed by atoms with van der Waals surface area (Å²) in [4.78, 5) is 0. The Labute approximate surface area is 128 Å². The van der Waals surface area contributed by atoms with E-state index in [4.69, 9.17) is 4.42 Å². The lowest BCUT2D eigenvalue weighted by atomic mass is 9.82. The molecule has 1 N–H and O–H groups in total. The van der Waals surface area contributed by atoms with Gasteiger partial charge in [0, 0.05) is 6.26 Å². The van der Waals surface area contributed by atoms with Gasteiger partial charge in [-0.05, 0) is 56.7 Å². The van der Waals surface area contributed by atoms with Crippen LogP contribution in [-0.4, -0.2) is 26.5 Å². The monoisotopic (exact) mass is 313 g/mol. The predicted octanol–water partition coefficient (Wildman–Crippen LogP) is 3.23. The molecule has 2 rings (SSSR count). The Kier molecular flexibility index (Phi) is 5.49. The summed E-state index contributed by atoms with van der Waals surface area (Å²) in [6, 6.07) is 2.11. The summed E-state index contributed by atoms with van der Waals surface area (Å²) < 4.78 is 29.4. The molecule has 1 heterocycles. The second-order valence-corrected chi connectivity index (χ2v) is 8.60. The van der Waals surface area contributed by atoms with E-state index in [0.29, 0.717) is 5.92 Å². The Morgan fingerprint density at radius 3 is 2.76 bits per heavy atom. The van der Waals surface area contributed by atoms with Crippen molar-refractivity contribution >= 4 is 9.84 Å². The highest BCUT2D eigenvalue weighted by atomic mass is 32.2. The summed E-state index contributed by atoms with van der Waals surface area (Å²) >= 11 is 0. The lowest BCUT2D eigenvalue weighted by Gasteiger charge is -2.33. The highest BCUT2D eigenvalue weighted by Gasteiger charge is 2.35. The minimum absolute atomic E-state index is 0.129. The van der Waals surface area contributed by atoms with Crippen molar-refractivity contribution in [2.45, 2.75) is 57.2 Å². The fraction of sp³-hybridized carbons (Fsp3) is 0.750. The van der Waals surface area contributed by atoms with Crippen molar-refractivity contribution < 1.29 is 12.8 Å². The number of hydrogen-bond donors (Lipinski definition) is 1. The van der Waals surface area contributed by atoms with Crippen LogP contribution in [0.1, 0.15) is 56.4 Å². The molecule has 0 radical (unpaired) electrons. The molecule has 0 aliphatic heterocycles. The molecule has 3 unspecified atom stereocenters. The van der Waals surface area contributed by atoms with Crippen molar-refractivity contribution in [2.75, 3.05) is 12.8 Å². The summed E-state index contributed by atoms with van der Waals surface area (Å²) in [5.74, 6) is 1.30. The Balaban J connectivity index is 2.18. The molecular formula is C16H27NO3S. The van der Waals surface area contributed by atoms with Crippen LogP contribution >= 0.6 is 0 Å². The first-order chi connectivity index (χ1) is 9.93. The van der Waals surface area contributed by atoms with Crippen LogP contribution in [0.5, 0.6) is 0 Å². The second-order valence-electron chi connectivity index (χ2n) is 6.28. The smallest absolute Gasteiger partial charge is 0.150 e. The average Bonchev–Trinajstić information content (AvgIpc) is 2.85. The first-order valence-electron chi connectivity index (χ1n) is 7.89. The van der Waals surface area contributed by atoms with Gasteiger partial charge in [0.1, 0.15) is 15.6 Å². The molecular weight excluding hydrogens is 286 g/mol. The number of hydrogen-bond acceptors (Lipinski definition) is 4. The summed E-state index contributed by atoms with van der Waals surface area (Å²) in [6.07, 6.45) is 7.72. The van der Waals surface area contributed by atoms with Crippen molar-refractivity contribution in [1.82, 2.24) is 5.32 Å². The Morgan fingerprint density at radius 1 is 1.43 bits per heavy atom. The quantitative estimate of drug-likeness (QED) is 0.876. The lowest BCUT2D eigenvalue weighted by Crippen LogP contribution is -2.36. The van der Waals surface area contributed by atoms with Gasteiger partial charge in [-0.2, -0.15) is 0 Å². The molecule has 1 saturated carbocycles. The number of furan rings is 1. The van der Waals surface area contributed by atoms with Crippen molar-refractivity contribution in [3.8, 4) is 0 Å². The van der Waals surface area contributed by atoms with Crippen LogP contribution in [0.4, 0.5) is 0 Å². The fourth-order valence-electron chi connectivity index (χ4n) is 3.35. The van der Waals surface area contributed by atoms with Crippen molar-refractivity contribution in [2.24, 2.45) is 5.92 Å². The van der Waals surface area contributed by atoms with E-state index in [2.05, 4.69) is 19.2 Å². The molecule has 0 amide bonds. The highest BCUT2D eigenvalue weighted by molar-refractivity contribution is 7.91. The van der Waals surface area contributed by atoms with Gasteiger partial charge in [-0.15, -0.1) is 0 Å². The molecule has 0 bridgehead atoms. The molecule has 3 atom stereocenters. The molecule has 120 valence electrons. The lowest BCUT2D eigenvalue weighted by molar-refractivity contribution is 0.244. The van der Waals surface area contributed by atoms with E-state index in [1.165, 1.54) is 6.26 Å². The number of rotatable bonds is 6. The summed E-state index contributed by atoms with van der Waals surface area (Å²) in [5.41, 5.74) is 1.14. The molecule has 21 heavy (non-hydrogen) atoms. The van der Waals surface area contributed by atoms with Gasteiger partial charge in [-0.25, -0.2) is 8.42 Å². The van der Waals surface area contributed by atoms with Gasteiger partial charge in [0.25, 0.3) is 0 Å². The third kappa shape index (κ3) is 4.10. The van der Waals surface area contributed by atoms with E-state index in [0.717, 1.165) is 50.0 Å². The molecule has 0 spiro atoms. The average molecular weight is 313 g/mol. The minimum atomic E-state index is -2.95. The first-order valence-corrected chi connectivity index (χ1v) is 9.85. The zero-order valence-corrected chi connectivity index (χ0v) is 14.1. The van der Waals surface area contributed by atoms with E-state index < -0.39 is 9.84 Å².